The lowest BCUT2D eigenvalue weighted by molar-refractivity contribution is 0.238. The number of ether oxygens (including phenoxy) is 2. The van der Waals surface area contributed by atoms with Gasteiger partial charge < -0.3 is 19.9 Å². The molecule has 5 heteroatoms. The van der Waals surface area contributed by atoms with Crippen LogP contribution in [0, 0.1) is 0 Å². The maximum atomic E-state index is 9.14. The van der Waals surface area contributed by atoms with Crippen LogP contribution in [-0.4, -0.2) is 31.5 Å². The minimum absolute atomic E-state index is 0.0938. The third-order valence-corrected chi connectivity index (χ3v) is 3.17. The van der Waals surface area contributed by atoms with Crippen molar-refractivity contribution >= 4 is 11.6 Å². The van der Waals surface area contributed by atoms with Crippen LogP contribution in [0.4, 0.5) is 0 Å². The number of aliphatic hydroxyl groups is 1. The molecule has 0 fully saturated rings. The van der Waals surface area contributed by atoms with Gasteiger partial charge in [-0.2, -0.15) is 0 Å². The lowest BCUT2D eigenvalue weighted by Gasteiger charge is -2.16. The minimum Gasteiger partial charge on any atom is -0.493 e. The molecule has 1 aromatic rings. The molecule has 2 N–H and O–H groups in total. The summed E-state index contributed by atoms with van der Waals surface area (Å²) in [6.07, 6.45) is 0.873. The van der Waals surface area contributed by atoms with Crippen molar-refractivity contribution < 1.29 is 14.6 Å². The molecule has 0 unspecified atom stereocenters. The summed E-state index contributed by atoms with van der Waals surface area (Å²) in [5.74, 6) is 1.20. The summed E-state index contributed by atoms with van der Waals surface area (Å²) in [7, 11) is 1.59. The van der Waals surface area contributed by atoms with E-state index in [9.17, 15) is 0 Å². The van der Waals surface area contributed by atoms with Crippen molar-refractivity contribution in [3.05, 3.63) is 22.7 Å². The van der Waals surface area contributed by atoms with Gasteiger partial charge in [0, 0.05) is 12.6 Å². The fraction of sp³-hybridized carbons (Fsp3) is 0.571. The van der Waals surface area contributed by atoms with Gasteiger partial charge in [-0.05, 0) is 31.0 Å². The third-order valence-electron chi connectivity index (χ3n) is 2.89. The summed E-state index contributed by atoms with van der Waals surface area (Å²) >= 11 is 6.19. The molecule has 1 aromatic carbocycles. The van der Waals surface area contributed by atoms with Gasteiger partial charge in [0.1, 0.15) is 0 Å². The van der Waals surface area contributed by atoms with Crippen molar-refractivity contribution in [2.24, 2.45) is 0 Å². The Morgan fingerprint density at radius 1 is 1.37 bits per heavy atom. The van der Waals surface area contributed by atoms with Crippen LogP contribution in [-0.2, 0) is 6.54 Å². The van der Waals surface area contributed by atoms with E-state index in [1.165, 1.54) is 0 Å². The lowest BCUT2D eigenvalue weighted by Crippen LogP contribution is -2.31. The van der Waals surface area contributed by atoms with Gasteiger partial charge in [-0.1, -0.05) is 18.5 Å². The molecule has 1 atom stereocenters. The van der Waals surface area contributed by atoms with E-state index in [1.807, 2.05) is 26.0 Å². The topological polar surface area (TPSA) is 50.7 Å². The normalized spacial score (nSPS) is 12.3. The predicted octanol–water partition coefficient (Wildman–Crippen LogP) is 2.61. The summed E-state index contributed by atoms with van der Waals surface area (Å²) in [5, 5.41) is 12.9. The molecule has 4 nitrogen and oxygen atoms in total. The van der Waals surface area contributed by atoms with Crippen LogP contribution in [0.15, 0.2) is 12.1 Å². The Morgan fingerprint density at radius 2 is 2.11 bits per heavy atom. The summed E-state index contributed by atoms with van der Waals surface area (Å²) in [6, 6.07) is 3.84. The second-order valence-corrected chi connectivity index (χ2v) is 4.62. The molecule has 0 aromatic heterocycles. The number of aliphatic hydroxyl groups excluding tert-OH is 1. The van der Waals surface area contributed by atoms with E-state index in [1.54, 1.807) is 7.11 Å². The molecule has 0 spiro atoms. The molecule has 0 aliphatic rings. The molecule has 0 radical (unpaired) electrons. The highest BCUT2D eigenvalue weighted by molar-refractivity contribution is 6.32. The second-order valence-electron chi connectivity index (χ2n) is 4.21. The first-order valence-corrected chi connectivity index (χ1v) is 6.87. The van der Waals surface area contributed by atoms with E-state index in [0.717, 1.165) is 12.0 Å². The Hall–Kier alpha value is -0.970. The van der Waals surface area contributed by atoms with Gasteiger partial charge in [0.15, 0.2) is 11.5 Å². The number of rotatable bonds is 8. The molecule has 1 rings (SSSR count). The minimum atomic E-state index is 0.0938. The van der Waals surface area contributed by atoms with Crippen molar-refractivity contribution in [2.75, 3.05) is 20.3 Å². The average Bonchev–Trinajstić information content (AvgIpc) is 2.42. The molecule has 0 saturated heterocycles. The van der Waals surface area contributed by atoms with Crippen LogP contribution in [0.2, 0.25) is 5.02 Å². The van der Waals surface area contributed by atoms with Gasteiger partial charge in [-0.15, -0.1) is 0 Å². The fourth-order valence-corrected chi connectivity index (χ4v) is 2.05. The summed E-state index contributed by atoms with van der Waals surface area (Å²) in [5.41, 5.74) is 0.997. The first-order valence-electron chi connectivity index (χ1n) is 6.49. The number of halogens is 1. The van der Waals surface area contributed by atoms with E-state index in [0.29, 0.717) is 29.7 Å². The summed E-state index contributed by atoms with van der Waals surface area (Å²) < 4.78 is 10.8. The number of methoxy groups -OCH3 is 1. The van der Waals surface area contributed by atoms with Crippen LogP contribution in [0.1, 0.15) is 25.8 Å². The number of benzene rings is 1. The van der Waals surface area contributed by atoms with Gasteiger partial charge in [-0.3, -0.25) is 0 Å². The van der Waals surface area contributed by atoms with E-state index < -0.39 is 0 Å². The second kappa shape index (κ2) is 8.25. The van der Waals surface area contributed by atoms with Crippen LogP contribution in [0.25, 0.3) is 0 Å². The van der Waals surface area contributed by atoms with Gasteiger partial charge >= 0.3 is 0 Å². The molecular weight excluding hydrogens is 266 g/mol. The number of hydrogen-bond acceptors (Lipinski definition) is 4. The average molecular weight is 288 g/mol. The first-order chi connectivity index (χ1) is 9.15. The van der Waals surface area contributed by atoms with Gasteiger partial charge in [0.2, 0.25) is 0 Å². The van der Waals surface area contributed by atoms with Crippen molar-refractivity contribution in [3.8, 4) is 11.5 Å². The zero-order chi connectivity index (χ0) is 14.3. The maximum absolute atomic E-state index is 9.14. The highest BCUT2D eigenvalue weighted by Crippen LogP contribution is 2.36. The summed E-state index contributed by atoms with van der Waals surface area (Å²) in [6.45, 7) is 5.22. The Bertz CT molecular complexity index is 395. The van der Waals surface area contributed by atoms with Crippen molar-refractivity contribution in [1.29, 1.82) is 0 Å². The molecule has 0 aliphatic heterocycles. The smallest absolute Gasteiger partial charge is 0.179 e. The third kappa shape index (κ3) is 4.56. The largest absolute Gasteiger partial charge is 0.493 e. The van der Waals surface area contributed by atoms with Crippen LogP contribution < -0.4 is 14.8 Å². The van der Waals surface area contributed by atoms with Gasteiger partial charge in [-0.25, -0.2) is 0 Å². The van der Waals surface area contributed by atoms with Crippen molar-refractivity contribution in [3.63, 3.8) is 0 Å². The van der Waals surface area contributed by atoms with Gasteiger partial charge in [0.05, 0.1) is 25.3 Å². The monoisotopic (exact) mass is 287 g/mol. The zero-order valence-corrected chi connectivity index (χ0v) is 12.5. The Labute approximate surface area is 119 Å². The predicted molar refractivity (Wildman–Crippen MR) is 77.2 cm³/mol. The fourth-order valence-electron chi connectivity index (χ4n) is 1.76. The SMILES string of the molecule is CCOc1c(Cl)cc(CN[C@H](CC)CO)cc1OC. The Kier molecular flexibility index (Phi) is 6.99. The summed E-state index contributed by atoms with van der Waals surface area (Å²) in [4.78, 5) is 0. The number of hydrogen-bond donors (Lipinski definition) is 2. The molecule has 0 bridgehead atoms. The molecule has 0 saturated carbocycles. The van der Waals surface area contributed by atoms with Crippen LogP contribution in [0.3, 0.4) is 0 Å². The Balaban J connectivity index is 2.83. The lowest BCUT2D eigenvalue weighted by atomic mass is 10.1. The molecule has 0 heterocycles. The quantitative estimate of drug-likeness (QED) is 0.772. The molecule has 19 heavy (non-hydrogen) atoms. The van der Waals surface area contributed by atoms with Crippen LogP contribution >= 0.6 is 11.6 Å². The standard InChI is InChI=1S/C14H22ClNO3/c1-4-11(9-17)16-8-10-6-12(15)14(19-5-2)13(7-10)18-3/h6-7,11,16-17H,4-5,8-9H2,1-3H3/t11-/m1/s1. The molecular formula is C14H22ClNO3. The van der Waals surface area contributed by atoms with E-state index in [2.05, 4.69) is 5.32 Å². The highest BCUT2D eigenvalue weighted by Gasteiger charge is 2.12. The Morgan fingerprint density at radius 3 is 2.63 bits per heavy atom. The van der Waals surface area contributed by atoms with Crippen molar-refractivity contribution in [2.45, 2.75) is 32.9 Å². The van der Waals surface area contributed by atoms with Crippen molar-refractivity contribution in [1.82, 2.24) is 5.32 Å². The van der Waals surface area contributed by atoms with E-state index in [4.69, 9.17) is 26.2 Å². The van der Waals surface area contributed by atoms with Crippen LogP contribution in [0.5, 0.6) is 11.5 Å². The highest BCUT2D eigenvalue weighted by atomic mass is 35.5. The van der Waals surface area contributed by atoms with E-state index in [-0.39, 0.29) is 12.6 Å². The molecule has 0 amide bonds. The van der Waals surface area contributed by atoms with E-state index >= 15 is 0 Å². The maximum Gasteiger partial charge on any atom is 0.179 e. The van der Waals surface area contributed by atoms with Gasteiger partial charge in [0.25, 0.3) is 0 Å². The number of nitrogens with one attached hydrogen (secondary N) is 1. The first kappa shape index (κ1) is 16.1. The molecule has 0 aliphatic carbocycles. The molecule has 108 valence electrons. The zero-order valence-electron chi connectivity index (χ0n) is 11.7.